The molecule has 1 aromatic rings. The molecule has 2 N–H and O–H groups in total. The van der Waals surface area contributed by atoms with Gasteiger partial charge in [0.1, 0.15) is 4.90 Å². The first-order chi connectivity index (χ1) is 9.97. The highest BCUT2D eigenvalue weighted by molar-refractivity contribution is 7.89. The lowest BCUT2D eigenvalue weighted by molar-refractivity contribution is 0.208. The molecule has 7 heteroatoms. The van der Waals surface area contributed by atoms with Crippen LogP contribution in [0.15, 0.2) is 10.3 Å². The molecule has 0 bridgehead atoms. The van der Waals surface area contributed by atoms with E-state index in [0.29, 0.717) is 10.4 Å². The highest BCUT2D eigenvalue weighted by Gasteiger charge is 2.27. The standard InChI is InChI=1S/C14H24N2O3S2/c1-3-6-16-7-4-12(5-8-16)15-21(18,19)14-11(2)10-20-13(14)9-17/h10,12,15,17H,3-9H2,1-2H3. The molecule has 0 unspecified atom stereocenters. The van der Waals surface area contributed by atoms with Gasteiger partial charge in [0, 0.05) is 6.04 Å². The summed E-state index contributed by atoms with van der Waals surface area (Å²) in [4.78, 5) is 3.16. The summed E-state index contributed by atoms with van der Waals surface area (Å²) in [5.41, 5.74) is 0.708. The van der Waals surface area contributed by atoms with Crippen molar-refractivity contribution in [2.45, 2.75) is 50.7 Å². The molecule has 2 heterocycles. The van der Waals surface area contributed by atoms with Crippen LogP contribution in [0.1, 0.15) is 36.6 Å². The highest BCUT2D eigenvalue weighted by atomic mass is 32.2. The Kier molecular flexibility index (Phi) is 5.79. The Labute approximate surface area is 131 Å². The molecule has 1 aliphatic rings. The summed E-state index contributed by atoms with van der Waals surface area (Å²) >= 11 is 1.29. The molecule has 0 saturated carbocycles. The Morgan fingerprint density at radius 3 is 2.67 bits per heavy atom. The van der Waals surface area contributed by atoms with Crippen molar-refractivity contribution in [1.29, 1.82) is 0 Å². The van der Waals surface area contributed by atoms with Gasteiger partial charge in [0.2, 0.25) is 10.0 Å². The Hall–Kier alpha value is -0.470. The number of thiophene rings is 1. The van der Waals surface area contributed by atoms with Crippen LogP contribution in [0, 0.1) is 6.92 Å². The van der Waals surface area contributed by atoms with Crippen LogP contribution >= 0.6 is 11.3 Å². The number of hydrogen-bond acceptors (Lipinski definition) is 5. The van der Waals surface area contributed by atoms with Gasteiger partial charge in [-0.25, -0.2) is 13.1 Å². The van der Waals surface area contributed by atoms with Crippen LogP contribution in [0.25, 0.3) is 0 Å². The van der Waals surface area contributed by atoms with Crippen LogP contribution < -0.4 is 4.72 Å². The molecular formula is C14H24N2O3S2. The molecule has 1 aromatic heterocycles. The molecule has 120 valence electrons. The van der Waals surface area contributed by atoms with Gasteiger partial charge in [-0.15, -0.1) is 11.3 Å². The molecule has 0 aromatic carbocycles. The van der Waals surface area contributed by atoms with Crippen molar-refractivity contribution in [2.24, 2.45) is 0 Å². The van der Waals surface area contributed by atoms with E-state index in [4.69, 9.17) is 0 Å². The minimum atomic E-state index is -3.54. The van der Waals surface area contributed by atoms with Gasteiger partial charge >= 0.3 is 0 Å². The Bertz CT molecular complexity index is 561. The first kappa shape index (κ1) is 16.9. The summed E-state index contributed by atoms with van der Waals surface area (Å²) in [6, 6.07) is -0.00560. The Balaban J connectivity index is 2.04. The highest BCUT2D eigenvalue weighted by Crippen LogP contribution is 2.27. The van der Waals surface area contributed by atoms with Gasteiger partial charge in [-0.3, -0.25) is 0 Å². The van der Waals surface area contributed by atoms with Gasteiger partial charge in [0.15, 0.2) is 0 Å². The quantitative estimate of drug-likeness (QED) is 0.832. The fourth-order valence-corrected chi connectivity index (χ4v) is 5.79. The number of sulfonamides is 1. The van der Waals surface area contributed by atoms with Gasteiger partial charge in [-0.05, 0) is 56.8 Å². The number of aliphatic hydroxyl groups is 1. The van der Waals surface area contributed by atoms with Crippen LogP contribution in [-0.2, 0) is 16.6 Å². The fourth-order valence-electron chi connectivity index (χ4n) is 2.83. The molecule has 0 aliphatic carbocycles. The van der Waals surface area contributed by atoms with E-state index in [2.05, 4.69) is 16.5 Å². The van der Waals surface area contributed by atoms with Crippen molar-refractivity contribution < 1.29 is 13.5 Å². The molecule has 0 amide bonds. The Morgan fingerprint density at radius 1 is 1.43 bits per heavy atom. The minimum Gasteiger partial charge on any atom is -0.391 e. The number of aryl methyl sites for hydroxylation is 1. The molecule has 1 aliphatic heterocycles. The lowest BCUT2D eigenvalue weighted by Crippen LogP contribution is -2.44. The zero-order chi connectivity index (χ0) is 15.5. The number of rotatable bonds is 6. The molecule has 5 nitrogen and oxygen atoms in total. The van der Waals surface area contributed by atoms with Crippen molar-refractivity contribution in [3.05, 3.63) is 15.8 Å². The first-order valence-corrected chi connectivity index (χ1v) is 9.76. The number of nitrogens with one attached hydrogen (secondary N) is 1. The van der Waals surface area contributed by atoms with E-state index in [9.17, 15) is 13.5 Å². The van der Waals surface area contributed by atoms with Crippen molar-refractivity contribution in [2.75, 3.05) is 19.6 Å². The lowest BCUT2D eigenvalue weighted by Gasteiger charge is -2.31. The smallest absolute Gasteiger partial charge is 0.242 e. The van der Waals surface area contributed by atoms with Gasteiger partial charge in [0.05, 0.1) is 11.5 Å². The van der Waals surface area contributed by atoms with Crippen LogP contribution in [0.3, 0.4) is 0 Å². The number of nitrogens with zero attached hydrogens (tertiary/aromatic N) is 1. The number of hydrogen-bond donors (Lipinski definition) is 2. The van der Waals surface area contributed by atoms with Crippen LogP contribution in [0.2, 0.25) is 0 Å². The van der Waals surface area contributed by atoms with E-state index in [1.54, 1.807) is 12.3 Å². The number of aliphatic hydroxyl groups excluding tert-OH is 1. The van der Waals surface area contributed by atoms with Crippen molar-refractivity contribution in [3.63, 3.8) is 0 Å². The number of likely N-dealkylation sites (tertiary alicyclic amines) is 1. The Morgan fingerprint density at radius 2 is 2.10 bits per heavy atom. The summed E-state index contributed by atoms with van der Waals surface area (Å²) in [6.07, 6.45) is 2.82. The maximum atomic E-state index is 12.5. The minimum absolute atomic E-state index is 0.00560. The molecule has 1 saturated heterocycles. The van der Waals surface area contributed by atoms with E-state index in [1.165, 1.54) is 11.3 Å². The lowest BCUT2D eigenvalue weighted by atomic mass is 10.1. The molecular weight excluding hydrogens is 308 g/mol. The monoisotopic (exact) mass is 332 g/mol. The molecule has 21 heavy (non-hydrogen) atoms. The average Bonchev–Trinajstić information content (AvgIpc) is 2.83. The average molecular weight is 332 g/mol. The van der Waals surface area contributed by atoms with E-state index in [0.717, 1.165) is 38.9 Å². The van der Waals surface area contributed by atoms with Crippen molar-refractivity contribution in [1.82, 2.24) is 9.62 Å². The van der Waals surface area contributed by atoms with E-state index in [-0.39, 0.29) is 17.5 Å². The number of piperidine rings is 1. The van der Waals surface area contributed by atoms with E-state index in [1.807, 2.05) is 0 Å². The third-order valence-corrected chi connectivity index (χ3v) is 6.82. The molecule has 1 fully saturated rings. The first-order valence-electron chi connectivity index (χ1n) is 7.40. The van der Waals surface area contributed by atoms with Crippen LogP contribution in [0.5, 0.6) is 0 Å². The maximum Gasteiger partial charge on any atom is 0.242 e. The summed E-state index contributed by atoms with van der Waals surface area (Å²) in [6.45, 7) is 6.66. The van der Waals surface area contributed by atoms with Gasteiger partial charge < -0.3 is 10.0 Å². The van der Waals surface area contributed by atoms with E-state index < -0.39 is 10.0 Å². The predicted molar refractivity (Wildman–Crippen MR) is 85.1 cm³/mol. The van der Waals surface area contributed by atoms with Crippen molar-refractivity contribution in [3.8, 4) is 0 Å². The zero-order valence-electron chi connectivity index (χ0n) is 12.6. The van der Waals surface area contributed by atoms with Gasteiger partial charge in [-0.2, -0.15) is 0 Å². The maximum absolute atomic E-state index is 12.5. The normalized spacial score (nSPS) is 18.2. The van der Waals surface area contributed by atoms with Gasteiger partial charge in [0.25, 0.3) is 0 Å². The van der Waals surface area contributed by atoms with Crippen LogP contribution in [0.4, 0.5) is 0 Å². The molecule has 0 atom stereocenters. The molecule has 2 rings (SSSR count). The molecule has 0 radical (unpaired) electrons. The summed E-state index contributed by atoms with van der Waals surface area (Å²) in [5.74, 6) is 0. The summed E-state index contributed by atoms with van der Waals surface area (Å²) < 4.78 is 27.9. The second kappa shape index (κ2) is 7.19. The van der Waals surface area contributed by atoms with Gasteiger partial charge in [-0.1, -0.05) is 6.92 Å². The third-order valence-electron chi connectivity index (χ3n) is 3.85. The summed E-state index contributed by atoms with van der Waals surface area (Å²) in [5, 5.41) is 11.1. The van der Waals surface area contributed by atoms with E-state index >= 15 is 0 Å². The largest absolute Gasteiger partial charge is 0.391 e. The predicted octanol–water partition coefficient (Wildman–Crippen LogP) is 1.70. The SMILES string of the molecule is CCCN1CCC(NS(=O)(=O)c2c(C)csc2CO)CC1. The van der Waals surface area contributed by atoms with Crippen LogP contribution in [-0.4, -0.2) is 44.1 Å². The fraction of sp³-hybridized carbons (Fsp3) is 0.714. The molecule has 0 spiro atoms. The topological polar surface area (TPSA) is 69.6 Å². The second-order valence-electron chi connectivity index (χ2n) is 5.57. The second-order valence-corrected chi connectivity index (χ2v) is 8.18. The third kappa shape index (κ3) is 4.04. The zero-order valence-corrected chi connectivity index (χ0v) is 14.3. The summed E-state index contributed by atoms with van der Waals surface area (Å²) in [7, 11) is -3.54. The van der Waals surface area contributed by atoms with Crippen molar-refractivity contribution >= 4 is 21.4 Å².